The zero-order chi connectivity index (χ0) is 31.9. The Balaban J connectivity index is 1.62. The highest BCUT2D eigenvalue weighted by molar-refractivity contribution is 6.30. The number of methoxy groups -OCH3 is 1. The average molecular weight is 621 g/mol. The van der Waals surface area contributed by atoms with E-state index in [4.69, 9.17) is 16.3 Å². The summed E-state index contributed by atoms with van der Waals surface area (Å²) in [6.45, 7) is 5.18. The first-order valence-corrected chi connectivity index (χ1v) is 13.6. The third kappa shape index (κ3) is 8.58. The van der Waals surface area contributed by atoms with Crippen molar-refractivity contribution in [3.63, 3.8) is 0 Å². The molecule has 15 heteroatoms. The molecule has 1 atom stereocenters. The van der Waals surface area contributed by atoms with Crippen LogP contribution in [-0.4, -0.2) is 61.1 Å². The Bertz CT molecular complexity index is 1730. The molecule has 228 valence electrons. The fourth-order valence-corrected chi connectivity index (χ4v) is 4.20. The minimum Gasteiger partial charge on any atom is -0.460 e. The van der Waals surface area contributed by atoms with Gasteiger partial charge in [-0.15, -0.1) is 5.10 Å². The van der Waals surface area contributed by atoms with Gasteiger partial charge in [0.2, 0.25) is 5.91 Å². The second-order valence-electron chi connectivity index (χ2n) is 10.4. The Morgan fingerprint density at radius 2 is 1.86 bits per heavy atom. The van der Waals surface area contributed by atoms with Crippen LogP contribution in [-0.2, 0) is 19.1 Å². The molecule has 4 aromatic rings. The van der Waals surface area contributed by atoms with Crippen LogP contribution in [0.1, 0.15) is 44.5 Å². The van der Waals surface area contributed by atoms with Gasteiger partial charge in [0.25, 0.3) is 5.56 Å². The number of halogens is 1. The molecule has 2 aromatic carbocycles. The predicted molar refractivity (Wildman–Crippen MR) is 161 cm³/mol. The first-order chi connectivity index (χ1) is 20.9. The summed E-state index contributed by atoms with van der Waals surface area (Å²) in [7, 11) is 1.25. The Labute approximate surface area is 256 Å². The molecular formula is C29H29ClN8O6. The van der Waals surface area contributed by atoms with Crippen molar-refractivity contribution in [1.29, 1.82) is 0 Å². The Kier molecular flexibility index (Phi) is 9.85. The zero-order valence-corrected chi connectivity index (χ0v) is 25.0. The number of tetrazole rings is 1. The molecule has 4 rings (SSSR count). The van der Waals surface area contributed by atoms with E-state index in [2.05, 4.69) is 41.1 Å². The van der Waals surface area contributed by atoms with Crippen LogP contribution in [0.15, 0.2) is 65.7 Å². The maximum Gasteiger partial charge on any atom is 0.411 e. The van der Waals surface area contributed by atoms with Gasteiger partial charge in [-0.25, -0.2) is 9.89 Å². The number of nitrogens with zero attached hydrogens (tertiary/aromatic N) is 5. The Hall–Kier alpha value is -5.37. The number of ether oxygens (including phenoxy) is 2. The third-order valence-electron chi connectivity index (χ3n) is 5.92. The van der Waals surface area contributed by atoms with Gasteiger partial charge in [0.05, 0.1) is 36.5 Å². The molecule has 0 saturated heterocycles. The van der Waals surface area contributed by atoms with E-state index < -0.39 is 35.2 Å². The maximum absolute atomic E-state index is 13.1. The standard InChI is InChI=1S/C29H29ClN8O6/c1-29(2,3)44-26(40)15-22(33-25(39)12-7-18-13-19(30)8-11-24(18)38-16-31-36-37-38)23-14-21(27(41)35-34-23)17-5-9-20(10-6-17)32-28(42)43-4/h5-14,16,22H,15H2,1-4H3,(H,32,42)(H,33,39)(H,35,41)/b12-7+/t22-/m0/s1. The number of carbonyl (C=O) groups excluding carboxylic acids is 3. The van der Waals surface area contributed by atoms with Crippen LogP contribution in [0.5, 0.6) is 0 Å². The summed E-state index contributed by atoms with van der Waals surface area (Å²) in [5.41, 5.74) is 1.26. The highest BCUT2D eigenvalue weighted by atomic mass is 35.5. The first-order valence-electron chi connectivity index (χ1n) is 13.2. The quantitative estimate of drug-likeness (QED) is 0.183. The summed E-state index contributed by atoms with van der Waals surface area (Å²) in [6, 6.07) is 11.9. The van der Waals surface area contributed by atoms with Crippen LogP contribution in [0.4, 0.5) is 10.5 Å². The number of benzene rings is 2. The highest BCUT2D eigenvalue weighted by Gasteiger charge is 2.25. The van der Waals surface area contributed by atoms with Gasteiger partial charge in [-0.3, -0.25) is 19.7 Å². The van der Waals surface area contributed by atoms with Crippen molar-refractivity contribution < 1.29 is 23.9 Å². The van der Waals surface area contributed by atoms with Crippen LogP contribution in [0.2, 0.25) is 5.02 Å². The summed E-state index contributed by atoms with van der Waals surface area (Å²) in [5, 5.41) is 23.4. The van der Waals surface area contributed by atoms with E-state index in [0.29, 0.717) is 27.5 Å². The van der Waals surface area contributed by atoms with Gasteiger partial charge in [0.1, 0.15) is 11.9 Å². The van der Waals surface area contributed by atoms with E-state index in [1.54, 1.807) is 63.2 Å². The SMILES string of the molecule is COC(=O)Nc1ccc(-c2cc([C@H](CC(=O)OC(C)(C)C)NC(=O)/C=C/c3cc(Cl)ccc3-n3cnnn3)n[nH]c2=O)cc1. The van der Waals surface area contributed by atoms with Crippen LogP contribution in [0, 0.1) is 0 Å². The second kappa shape index (κ2) is 13.7. The largest absolute Gasteiger partial charge is 0.460 e. The Morgan fingerprint density at radius 3 is 2.52 bits per heavy atom. The topological polar surface area (TPSA) is 183 Å². The molecule has 2 amide bonds. The fraction of sp³-hybridized carbons (Fsp3) is 0.241. The molecule has 0 aliphatic heterocycles. The molecule has 0 radical (unpaired) electrons. The lowest BCUT2D eigenvalue weighted by Gasteiger charge is -2.22. The maximum atomic E-state index is 13.1. The summed E-state index contributed by atoms with van der Waals surface area (Å²) >= 11 is 6.18. The van der Waals surface area contributed by atoms with Crippen molar-refractivity contribution in [2.45, 2.75) is 38.8 Å². The van der Waals surface area contributed by atoms with Crippen LogP contribution < -0.4 is 16.2 Å². The van der Waals surface area contributed by atoms with Crippen molar-refractivity contribution in [2.24, 2.45) is 0 Å². The summed E-state index contributed by atoms with van der Waals surface area (Å²) in [6.07, 6.45) is 3.28. The van der Waals surface area contributed by atoms with Crippen molar-refractivity contribution >= 4 is 41.3 Å². The first kappa shape index (κ1) is 31.6. The van der Waals surface area contributed by atoms with E-state index in [0.717, 1.165) is 0 Å². The van der Waals surface area contributed by atoms with Gasteiger partial charge in [0, 0.05) is 22.3 Å². The van der Waals surface area contributed by atoms with Crippen molar-refractivity contribution in [3.8, 4) is 16.8 Å². The lowest BCUT2D eigenvalue weighted by molar-refractivity contribution is -0.155. The fourth-order valence-electron chi connectivity index (χ4n) is 4.02. The molecule has 0 aliphatic rings. The predicted octanol–water partition coefficient (Wildman–Crippen LogP) is 3.85. The lowest BCUT2D eigenvalue weighted by Crippen LogP contribution is -2.33. The molecule has 2 heterocycles. The highest BCUT2D eigenvalue weighted by Crippen LogP contribution is 2.24. The van der Waals surface area contributed by atoms with E-state index in [1.165, 1.54) is 36.3 Å². The number of nitrogens with one attached hydrogen (secondary N) is 3. The van der Waals surface area contributed by atoms with E-state index in [1.807, 2.05) is 0 Å². The van der Waals surface area contributed by atoms with Gasteiger partial charge in [-0.2, -0.15) is 9.78 Å². The van der Waals surface area contributed by atoms with Crippen molar-refractivity contribution in [1.82, 2.24) is 35.7 Å². The molecule has 0 saturated carbocycles. The average Bonchev–Trinajstić information content (AvgIpc) is 3.50. The molecule has 44 heavy (non-hydrogen) atoms. The van der Waals surface area contributed by atoms with Gasteiger partial charge in [0.15, 0.2) is 0 Å². The summed E-state index contributed by atoms with van der Waals surface area (Å²) in [4.78, 5) is 50.2. The molecule has 14 nitrogen and oxygen atoms in total. The van der Waals surface area contributed by atoms with Crippen LogP contribution >= 0.6 is 11.6 Å². The molecule has 0 bridgehead atoms. The minimum atomic E-state index is -0.976. The van der Waals surface area contributed by atoms with Crippen molar-refractivity contribution in [3.05, 3.63) is 87.6 Å². The zero-order valence-electron chi connectivity index (χ0n) is 24.2. The van der Waals surface area contributed by atoms with Gasteiger partial charge >= 0.3 is 12.1 Å². The van der Waals surface area contributed by atoms with Crippen LogP contribution in [0.3, 0.4) is 0 Å². The number of anilines is 1. The minimum absolute atomic E-state index is 0.209. The number of hydrogen-bond donors (Lipinski definition) is 3. The molecule has 2 aromatic heterocycles. The smallest absolute Gasteiger partial charge is 0.411 e. The van der Waals surface area contributed by atoms with Crippen LogP contribution in [0.25, 0.3) is 22.9 Å². The summed E-state index contributed by atoms with van der Waals surface area (Å²) < 4.78 is 11.5. The van der Waals surface area contributed by atoms with E-state index in [9.17, 15) is 19.2 Å². The second-order valence-corrected chi connectivity index (χ2v) is 10.8. The molecular weight excluding hydrogens is 592 g/mol. The van der Waals surface area contributed by atoms with E-state index >= 15 is 0 Å². The number of rotatable bonds is 9. The molecule has 3 N–H and O–H groups in total. The number of aromatic nitrogens is 6. The number of H-pyrrole nitrogens is 1. The van der Waals surface area contributed by atoms with Crippen molar-refractivity contribution in [2.75, 3.05) is 12.4 Å². The third-order valence-corrected chi connectivity index (χ3v) is 6.15. The number of aromatic amines is 1. The molecule has 0 aliphatic carbocycles. The van der Waals surface area contributed by atoms with E-state index in [-0.39, 0.29) is 17.7 Å². The monoisotopic (exact) mass is 620 g/mol. The van der Waals surface area contributed by atoms with Gasteiger partial charge in [-0.05, 0) is 79.2 Å². The number of amides is 2. The normalized spacial score (nSPS) is 12.0. The molecule has 0 spiro atoms. The molecule has 0 unspecified atom stereocenters. The number of hydrogen-bond acceptors (Lipinski definition) is 10. The molecule has 0 fully saturated rings. The lowest BCUT2D eigenvalue weighted by atomic mass is 10.0. The van der Waals surface area contributed by atoms with Gasteiger partial charge < -0.3 is 14.8 Å². The summed E-state index contributed by atoms with van der Waals surface area (Å²) in [5.74, 6) is -1.15. The number of carbonyl (C=O) groups is 3. The Morgan fingerprint density at radius 1 is 1.11 bits per heavy atom. The number of esters is 1. The van der Waals surface area contributed by atoms with Gasteiger partial charge in [-0.1, -0.05) is 23.7 Å².